The van der Waals surface area contributed by atoms with Gasteiger partial charge in [-0.05, 0) is 43.3 Å². The van der Waals surface area contributed by atoms with Gasteiger partial charge in [0, 0.05) is 53.6 Å². The molecule has 234 valence electrons. The van der Waals surface area contributed by atoms with Gasteiger partial charge in [0.1, 0.15) is 28.1 Å². The molecular formula is C32H29F3N4O5S. The van der Waals surface area contributed by atoms with E-state index in [0.29, 0.717) is 29.9 Å². The first kappa shape index (κ1) is 30.4. The fourth-order valence-electron chi connectivity index (χ4n) is 5.82. The van der Waals surface area contributed by atoms with E-state index >= 15 is 13.2 Å². The number of rotatable bonds is 8. The minimum atomic E-state index is -3.94. The minimum Gasteiger partial charge on any atom is -0.481 e. The fraction of sp³-hybridized carbons (Fsp3) is 0.250. The fourth-order valence-corrected chi connectivity index (χ4v) is 6.87. The largest absolute Gasteiger partial charge is 0.481 e. The highest BCUT2D eigenvalue weighted by Gasteiger charge is 2.33. The van der Waals surface area contributed by atoms with Gasteiger partial charge in [-0.3, -0.25) is 9.69 Å². The van der Waals surface area contributed by atoms with Crippen molar-refractivity contribution in [3.8, 4) is 22.9 Å². The number of hydrogen-bond donors (Lipinski definition) is 3. The normalized spacial score (nSPS) is 16.1. The number of nitrogens with one attached hydrogen (secondary N) is 2. The van der Waals surface area contributed by atoms with Gasteiger partial charge in [0.25, 0.3) is 0 Å². The number of ether oxygens (including phenoxy) is 1. The maximum absolute atomic E-state index is 15.8. The number of sulfone groups is 1. The van der Waals surface area contributed by atoms with Crippen LogP contribution in [-0.2, 0) is 27.5 Å². The molecule has 2 atom stereocenters. The van der Waals surface area contributed by atoms with Gasteiger partial charge >= 0.3 is 5.97 Å². The molecule has 3 aromatic carbocycles. The Balaban J connectivity index is 1.39. The number of carboxylic acid groups (broad SMARTS) is 1. The second kappa shape index (κ2) is 11.4. The van der Waals surface area contributed by atoms with Gasteiger partial charge in [-0.2, -0.15) is 0 Å². The third kappa shape index (κ3) is 5.57. The molecule has 3 heterocycles. The lowest BCUT2D eigenvalue weighted by atomic mass is 9.92. The number of imidazole rings is 1. The molecule has 0 amide bonds. The Hall–Kier alpha value is -4.62. The summed E-state index contributed by atoms with van der Waals surface area (Å²) in [4.78, 5) is 23.6. The van der Waals surface area contributed by atoms with Crippen molar-refractivity contribution in [3.05, 3.63) is 94.7 Å². The molecule has 0 saturated carbocycles. The molecule has 2 unspecified atom stereocenters. The molecule has 0 radical (unpaired) electrons. The van der Waals surface area contributed by atoms with Gasteiger partial charge in [-0.1, -0.05) is 25.1 Å². The van der Waals surface area contributed by atoms with E-state index in [4.69, 9.17) is 4.74 Å². The summed E-state index contributed by atoms with van der Waals surface area (Å²) in [7, 11) is -2.12. The zero-order chi connectivity index (χ0) is 32.2. The summed E-state index contributed by atoms with van der Waals surface area (Å²) in [5, 5.41) is 9.57. The van der Waals surface area contributed by atoms with E-state index in [0.717, 1.165) is 18.4 Å². The van der Waals surface area contributed by atoms with Crippen LogP contribution in [0, 0.1) is 23.4 Å². The van der Waals surface area contributed by atoms with E-state index in [-0.39, 0.29) is 44.9 Å². The highest BCUT2D eigenvalue weighted by molar-refractivity contribution is 7.91. The highest BCUT2D eigenvalue weighted by atomic mass is 32.2. The predicted octanol–water partition coefficient (Wildman–Crippen LogP) is 6.01. The summed E-state index contributed by atoms with van der Waals surface area (Å²) in [5.41, 5.74) is 2.00. The second-order valence-electron chi connectivity index (χ2n) is 11.3. The van der Waals surface area contributed by atoms with Crippen molar-refractivity contribution in [2.24, 2.45) is 5.92 Å². The van der Waals surface area contributed by atoms with E-state index in [1.54, 1.807) is 18.2 Å². The number of likely N-dealkylation sites (N-methyl/N-ethyl adjacent to an activating group) is 1. The number of hydrogen-bond acceptors (Lipinski definition) is 6. The summed E-state index contributed by atoms with van der Waals surface area (Å²) in [6, 6.07) is 10.5. The molecule has 1 aliphatic rings. The smallest absolute Gasteiger partial charge is 0.306 e. The van der Waals surface area contributed by atoms with Crippen molar-refractivity contribution in [2.75, 3.05) is 19.8 Å². The number of aliphatic carboxylic acids is 1. The van der Waals surface area contributed by atoms with Crippen molar-refractivity contribution in [3.63, 3.8) is 0 Å². The lowest BCUT2D eigenvalue weighted by Gasteiger charge is -2.32. The topological polar surface area (TPSA) is 128 Å². The van der Waals surface area contributed by atoms with E-state index in [9.17, 15) is 18.3 Å². The third-order valence-electron chi connectivity index (χ3n) is 8.08. The average molecular weight is 639 g/mol. The Kier molecular flexibility index (Phi) is 7.69. The molecular weight excluding hydrogens is 609 g/mol. The number of benzene rings is 3. The summed E-state index contributed by atoms with van der Waals surface area (Å²) in [6.07, 6.45) is 2.97. The standard InChI is InChI=1S/C32H29F3N4O5S/c1-16(32(40)41)13-17-5-4-6-20(26(17)35)28-27-24(10-12-39(28)2)37-31(38-27)21-14-18(7-8-22(21)33)44-29-23(34)15-25-19(9-11-36-25)30(29)45(3,42)43/h4-9,11,14-16,28,36H,10,12-13H2,1-3H3,(H,37,38)(H,40,41). The van der Waals surface area contributed by atoms with Gasteiger partial charge in [0.05, 0.1) is 23.2 Å². The van der Waals surface area contributed by atoms with Gasteiger partial charge < -0.3 is 19.8 Å². The Morgan fingerprint density at radius 2 is 1.93 bits per heavy atom. The first-order valence-electron chi connectivity index (χ1n) is 14.1. The Morgan fingerprint density at radius 3 is 2.67 bits per heavy atom. The van der Waals surface area contributed by atoms with Gasteiger partial charge in [0.15, 0.2) is 21.4 Å². The van der Waals surface area contributed by atoms with Crippen molar-refractivity contribution in [2.45, 2.75) is 30.7 Å². The average Bonchev–Trinajstić information content (AvgIpc) is 3.62. The van der Waals surface area contributed by atoms with Crippen LogP contribution < -0.4 is 4.74 Å². The van der Waals surface area contributed by atoms with Crippen molar-refractivity contribution in [1.82, 2.24) is 19.9 Å². The molecule has 0 spiro atoms. The van der Waals surface area contributed by atoms with Crippen LogP contribution in [0.4, 0.5) is 13.2 Å². The zero-order valence-electron chi connectivity index (χ0n) is 24.5. The second-order valence-corrected chi connectivity index (χ2v) is 13.3. The molecule has 2 aromatic heterocycles. The molecule has 9 nitrogen and oxygen atoms in total. The van der Waals surface area contributed by atoms with E-state index in [1.165, 1.54) is 31.3 Å². The van der Waals surface area contributed by atoms with Crippen LogP contribution in [0.5, 0.6) is 11.5 Å². The van der Waals surface area contributed by atoms with Crippen LogP contribution in [-0.4, -0.2) is 59.2 Å². The summed E-state index contributed by atoms with van der Waals surface area (Å²) in [5.74, 6) is -4.34. The van der Waals surface area contributed by atoms with Crippen LogP contribution >= 0.6 is 0 Å². The van der Waals surface area contributed by atoms with Gasteiger partial charge in [0.2, 0.25) is 0 Å². The maximum atomic E-state index is 15.8. The number of H-pyrrole nitrogens is 2. The van der Waals surface area contributed by atoms with Gasteiger partial charge in [-0.25, -0.2) is 26.6 Å². The van der Waals surface area contributed by atoms with E-state index in [2.05, 4.69) is 15.0 Å². The quantitative estimate of drug-likeness (QED) is 0.190. The monoisotopic (exact) mass is 638 g/mol. The van der Waals surface area contributed by atoms with Crippen LogP contribution in [0.1, 0.15) is 35.5 Å². The third-order valence-corrected chi connectivity index (χ3v) is 9.22. The van der Waals surface area contributed by atoms with E-state index in [1.807, 2.05) is 11.9 Å². The molecule has 5 aromatic rings. The Bertz CT molecular complexity index is 2070. The van der Waals surface area contributed by atoms with Crippen molar-refractivity contribution in [1.29, 1.82) is 0 Å². The van der Waals surface area contributed by atoms with Gasteiger partial charge in [-0.15, -0.1) is 0 Å². The maximum Gasteiger partial charge on any atom is 0.306 e. The summed E-state index contributed by atoms with van der Waals surface area (Å²) >= 11 is 0. The molecule has 0 aliphatic carbocycles. The molecule has 0 fully saturated rings. The molecule has 0 bridgehead atoms. The Morgan fingerprint density at radius 1 is 1.16 bits per heavy atom. The molecule has 0 saturated heterocycles. The summed E-state index contributed by atoms with van der Waals surface area (Å²) in [6.45, 7) is 2.05. The first-order chi connectivity index (χ1) is 21.3. The zero-order valence-corrected chi connectivity index (χ0v) is 25.3. The number of fused-ring (bicyclic) bond motifs is 2. The molecule has 6 rings (SSSR count). The number of aromatic nitrogens is 3. The predicted molar refractivity (Wildman–Crippen MR) is 161 cm³/mol. The first-order valence-corrected chi connectivity index (χ1v) is 16.0. The Labute approximate surface area is 256 Å². The lowest BCUT2D eigenvalue weighted by molar-refractivity contribution is -0.141. The highest BCUT2D eigenvalue weighted by Crippen LogP contribution is 2.40. The molecule has 13 heteroatoms. The lowest BCUT2D eigenvalue weighted by Crippen LogP contribution is -2.33. The number of halogens is 3. The van der Waals surface area contributed by atoms with Crippen LogP contribution in [0.25, 0.3) is 22.3 Å². The van der Waals surface area contributed by atoms with Crippen LogP contribution in [0.15, 0.2) is 59.6 Å². The minimum absolute atomic E-state index is 0.0147. The number of carboxylic acids is 1. The molecule has 1 aliphatic heterocycles. The molecule has 45 heavy (non-hydrogen) atoms. The number of carbonyl (C=O) groups is 1. The molecule has 3 N–H and O–H groups in total. The van der Waals surface area contributed by atoms with Crippen LogP contribution in [0.3, 0.4) is 0 Å². The van der Waals surface area contributed by atoms with E-state index < -0.39 is 51.0 Å². The SMILES string of the molecule is CC(Cc1cccc(C2c3nc(-c4cc(Oc5c(F)cc6[nH]ccc6c5S(C)(=O)=O)ccc4F)[nH]c3CCN2C)c1F)C(=O)O. The van der Waals surface area contributed by atoms with Crippen molar-refractivity contribution >= 4 is 26.7 Å². The number of aromatic amines is 2. The van der Waals surface area contributed by atoms with Crippen LogP contribution in [0.2, 0.25) is 0 Å². The van der Waals surface area contributed by atoms with Crippen molar-refractivity contribution < 1.29 is 36.2 Å². The number of nitrogens with zero attached hydrogens (tertiary/aromatic N) is 2. The summed E-state index contributed by atoms with van der Waals surface area (Å²) < 4.78 is 77.4.